The van der Waals surface area contributed by atoms with Crippen LogP contribution in [0.2, 0.25) is 0 Å². The van der Waals surface area contributed by atoms with Gasteiger partial charge in [-0.2, -0.15) is 0 Å². The Morgan fingerprint density at radius 1 is 0.828 bits per heavy atom. The fourth-order valence-corrected chi connectivity index (χ4v) is 3.60. The van der Waals surface area contributed by atoms with Gasteiger partial charge in [0.25, 0.3) is 0 Å². The Balaban J connectivity index is 2.02. The number of ether oxygens (including phenoxy) is 1. The topological polar surface area (TPSA) is 66.8 Å². The highest BCUT2D eigenvalue weighted by Gasteiger charge is 2.18. The van der Waals surface area contributed by atoms with Crippen molar-refractivity contribution in [3.05, 3.63) is 35.9 Å². The highest BCUT2D eigenvalue weighted by Crippen LogP contribution is 2.15. The number of carboxylic acid groups (broad SMARTS) is 1. The molecule has 166 valence electrons. The van der Waals surface area contributed by atoms with Gasteiger partial charge in [-0.25, -0.2) is 4.79 Å². The molecule has 4 nitrogen and oxygen atoms in total. The minimum Gasteiger partial charge on any atom is -0.479 e. The maximum Gasteiger partial charge on any atom is 0.332 e. The summed E-state index contributed by atoms with van der Waals surface area (Å²) >= 11 is 0. The molecule has 0 heterocycles. The van der Waals surface area contributed by atoms with Crippen LogP contribution < -0.4 is 0 Å². The van der Waals surface area contributed by atoms with E-state index < -0.39 is 12.1 Å². The van der Waals surface area contributed by atoms with Crippen LogP contribution >= 0.6 is 0 Å². The second-order valence-electron chi connectivity index (χ2n) is 8.18. The van der Waals surface area contributed by atoms with E-state index in [-0.39, 0.29) is 6.10 Å². The number of carbonyl (C=O) groups is 1. The molecule has 1 aromatic rings. The van der Waals surface area contributed by atoms with E-state index in [2.05, 4.69) is 6.92 Å². The first-order chi connectivity index (χ1) is 14.1. The van der Waals surface area contributed by atoms with Crippen LogP contribution in [0.1, 0.15) is 102 Å². The van der Waals surface area contributed by atoms with E-state index in [1.54, 1.807) is 0 Å². The van der Waals surface area contributed by atoms with Crippen molar-refractivity contribution in [3.63, 3.8) is 0 Å². The first-order valence-corrected chi connectivity index (χ1v) is 11.7. The van der Waals surface area contributed by atoms with Crippen LogP contribution in [0.25, 0.3) is 0 Å². The zero-order valence-corrected chi connectivity index (χ0v) is 18.4. The van der Waals surface area contributed by atoms with Gasteiger partial charge in [0.15, 0.2) is 6.10 Å². The molecule has 0 bridgehead atoms. The summed E-state index contributed by atoms with van der Waals surface area (Å²) in [4.78, 5) is 11.4. The van der Waals surface area contributed by atoms with Crippen LogP contribution in [0.15, 0.2) is 30.3 Å². The fourth-order valence-electron chi connectivity index (χ4n) is 3.60. The van der Waals surface area contributed by atoms with E-state index in [0.717, 1.165) is 18.4 Å². The van der Waals surface area contributed by atoms with Crippen molar-refractivity contribution in [1.82, 2.24) is 0 Å². The predicted octanol–water partition coefficient (Wildman–Crippen LogP) is 6.50. The number of carboxylic acids is 1. The largest absolute Gasteiger partial charge is 0.479 e. The smallest absolute Gasteiger partial charge is 0.332 e. The minimum atomic E-state index is -0.926. The van der Waals surface area contributed by atoms with Crippen molar-refractivity contribution < 1.29 is 19.7 Å². The summed E-state index contributed by atoms with van der Waals surface area (Å²) in [5.41, 5.74) is 0.972. The molecular formula is C25H42O4. The van der Waals surface area contributed by atoms with Crippen molar-refractivity contribution in [1.29, 1.82) is 0 Å². The van der Waals surface area contributed by atoms with Gasteiger partial charge in [0.05, 0.1) is 12.7 Å². The molecule has 0 aromatic heterocycles. The van der Waals surface area contributed by atoms with Gasteiger partial charge in [0.2, 0.25) is 0 Å². The van der Waals surface area contributed by atoms with Crippen molar-refractivity contribution >= 4 is 5.97 Å². The minimum absolute atomic E-state index is 0.305. The molecule has 0 radical (unpaired) electrons. The van der Waals surface area contributed by atoms with Crippen LogP contribution in [0, 0.1) is 0 Å². The number of hydrogen-bond donors (Lipinski definition) is 2. The summed E-state index contributed by atoms with van der Waals surface area (Å²) in [6.45, 7) is 2.55. The van der Waals surface area contributed by atoms with Gasteiger partial charge in [0.1, 0.15) is 0 Å². The quantitative estimate of drug-likeness (QED) is 0.257. The first kappa shape index (κ1) is 25.6. The van der Waals surface area contributed by atoms with Gasteiger partial charge in [0, 0.05) is 0 Å². The lowest BCUT2D eigenvalue weighted by molar-refractivity contribution is -0.151. The lowest BCUT2D eigenvalue weighted by Gasteiger charge is -2.15. The van der Waals surface area contributed by atoms with E-state index in [0.29, 0.717) is 25.9 Å². The highest BCUT2D eigenvalue weighted by molar-refractivity contribution is 5.72. The predicted molar refractivity (Wildman–Crippen MR) is 119 cm³/mol. The molecule has 0 aliphatic heterocycles. The van der Waals surface area contributed by atoms with E-state index >= 15 is 0 Å². The highest BCUT2D eigenvalue weighted by atomic mass is 16.5. The third kappa shape index (κ3) is 14.3. The van der Waals surface area contributed by atoms with Gasteiger partial charge < -0.3 is 14.9 Å². The van der Waals surface area contributed by atoms with Crippen LogP contribution in [0.5, 0.6) is 0 Å². The van der Waals surface area contributed by atoms with Crippen molar-refractivity contribution in [2.24, 2.45) is 0 Å². The maximum absolute atomic E-state index is 11.4. The van der Waals surface area contributed by atoms with Gasteiger partial charge in [-0.15, -0.1) is 0 Å². The van der Waals surface area contributed by atoms with Gasteiger partial charge in [-0.1, -0.05) is 101 Å². The molecule has 0 spiro atoms. The SMILES string of the molecule is CCCCCCCCCCCCC(O)CCCC(OCc1ccccc1)C(=O)O. The number of aliphatic hydroxyl groups is 1. The van der Waals surface area contributed by atoms with Crippen molar-refractivity contribution in [2.45, 2.75) is 116 Å². The van der Waals surface area contributed by atoms with E-state index in [1.807, 2.05) is 30.3 Å². The molecular weight excluding hydrogens is 364 g/mol. The van der Waals surface area contributed by atoms with Crippen LogP contribution in [-0.2, 0) is 16.1 Å². The molecule has 1 rings (SSSR count). The monoisotopic (exact) mass is 406 g/mol. The molecule has 2 unspecified atom stereocenters. The third-order valence-corrected chi connectivity index (χ3v) is 5.46. The van der Waals surface area contributed by atoms with Crippen molar-refractivity contribution in [3.8, 4) is 0 Å². The standard InChI is InChI=1S/C25H42O4/c1-2-3-4-5-6-7-8-9-10-14-18-23(26)19-15-20-24(25(27)28)29-21-22-16-12-11-13-17-22/h11-13,16-17,23-24,26H,2-10,14-15,18-21H2,1H3,(H,27,28). The molecule has 0 fully saturated rings. The summed E-state index contributed by atoms with van der Waals surface area (Å²) in [7, 11) is 0. The van der Waals surface area contributed by atoms with Gasteiger partial charge in [-0.3, -0.25) is 0 Å². The van der Waals surface area contributed by atoms with Crippen molar-refractivity contribution in [2.75, 3.05) is 0 Å². The lowest BCUT2D eigenvalue weighted by Crippen LogP contribution is -2.24. The van der Waals surface area contributed by atoms with Crippen LogP contribution in [0.3, 0.4) is 0 Å². The molecule has 1 aromatic carbocycles. The van der Waals surface area contributed by atoms with E-state index in [4.69, 9.17) is 4.74 Å². The average Bonchev–Trinajstić information content (AvgIpc) is 2.72. The lowest BCUT2D eigenvalue weighted by atomic mass is 10.0. The van der Waals surface area contributed by atoms with Crippen LogP contribution in [-0.4, -0.2) is 28.4 Å². The molecule has 2 N–H and O–H groups in total. The Kier molecular flexibility index (Phi) is 15.4. The zero-order valence-electron chi connectivity index (χ0n) is 18.4. The molecule has 0 amide bonds. The summed E-state index contributed by atoms with van der Waals surface area (Å²) in [5, 5.41) is 19.5. The number of hydrogen-bond acceptors (Lipinski definition) is 3. The number of unbranched alkanes of at least 4 members (excludes halogenated alkanes) is 9. The fraction of sp³-hybridized carbons (Fsp3) is 0.720. The molecule has 0 saturated heterocycles. The second kappa shape index (κ2) is 17.5. The Bertz CT molecular complexity index is 503. The Labute approximate surface area is 177 Å². The Morgan fingerprint density at radius 3 is 1.97 bits per heavy atom. The average molecular weight is 407 g/mol. The normalized spacial score (nSPS) is 13.3. The molecule has 0 aliphatic rings. The maximum atomic E-state index is 11.4. The molecule has 29 heavy (non-hydrogen) atoms. The number of aliphatic carboxylic acids is 1. The first-order valence-electron chi connectivity index (χ1n) is 11.7. The Hall–Kier alpha value is -1.39. The van der Waals surface area contributed by atoms with Crippen LogP contribution in [0.4, 0.5) is 0 Å². The molecule has 0 saturated carbocycles. The summed E-state index contributed by atoms with van der Waals surface area (Å²) < 4.78 is 5.56. The van der Waals surface area contributed by atoms with Gasteiger partial charge in [-0.05, 0) is 31.2 Å². The second-order valence-corrected chi connectivity index (χ2v) is 8.18. The number of rotatable bonds is 19. The molecule has 4 heteroatoms. The zero-order chi connectivity index (χ0) is 21.2. The molecule has 2 atom stereocenters. The van der Waals surface area contributed by atoms with Gasteiger partial charge >= 0.3 is 5.97 Å². The number of benzene rings is 1. The van der Waals surface area contributed by atoms with E-state index in [9.17, 15) is 15.0 Å². The summed E-state index contributed by atoms with van der Waals surface area (Å²) in [6, 6.07) is 9.61. The Morgan fingerprint density at radius 2 is 1.38 bits per heavy atom. The van der Waals surface area contributed by atoms with E-state index in [1.165, 1.54) is 57.8 Å². The number of aliphatic hydroxyl groups excluding tert-OH is 1. The summed E-state index contributed by atoms with van der Waals surface area (Å²) in [5.74, 6) is -0.926. The third-order valence-electron chi connectivity index (χ3n) is 5.46. The summed E-state index contributed by atoms with van der Waals surface area (Å²) in [6.07, 6.45) is 14.4. The molecule has 0 aliphatic carbocycles.